The van der Waals surface area contributed by atoms with Crippen molar-refractivity contribution in [2.45, 2.75) is 26.8 Å². The molecule has 0 aliphatic rings. The first-order valence-corrected chi connectivity index (χ1v) is 8.09. The highest BCUT2D eigenvalue weighted by molar-refractivity contribution is 6.32. The fourth-order valence-corrected chi connectivity index (χ4v) is 2.49. The number of hydrogen-bond acceptors (Lipinski definition) is 4. The van der Waals surface area contributed by atoms with Crippen molar-refractivity contribution >= 4 is 23.2 Å². The van der Waals surface area contributed by atoms with Crippen molar-refractivity contribution in [2.75, 3.05) is 6.61 Å². The number of nitrogens with one attached hydrogen (secondary N) is 1. The molecule has 0 saturated carbocycles. The second-order valence-electron chi connectivity index (χ2n) is 5.79. The predicted molar refractivity (Wildman–Crippen MR) is 96.1 cm³/mol. The number of amides is 1. The number of benzene rings is 2. The normalized spacial score (nSPS) is 11.7. The van der Waals surface area contributed by atoms with Crippen molar-refractivity contribution < 1.29 is 14.5 Å². The number of carbonyl (C=O) groups is 1. The summed E-state index contributed by atoms with van der Waals surface area (Å²) in [5, 5.41) is 13.6. The fourth-order valence-electron chi connectivity index (χ4n) is 2.26. The molecule has 7 heteroatoms. The maximum Gasteiger partial charge on any atom is 0.271 e. The van der Waals surface area contributed by atoms with Crippen molar-refractivity contribution in [3.63, 3.8) is 0 Å². The van der Waals surface area contributed by atoms with Gasteiger partial charge in [-0.2, -0.15) is 0 Å². The smallest absolute Gasteiger partial charge is 0.271 e. The molecule has 0 spiro atoms. The monoisotopic (exact) mass is 362 g/mol. The molecule has 0 heterocycles. The van der Waals surface area contributed by atoms with Crippen LogP contribution in [-0.2, 0) is 4.79 Å². The van der Waals surface area contributed by atoms with Crippen LogP contribution in [0.1, 0.15) is 29.7 Å². The van der Waals surface area contributed by atoms with Gasteiger partial charge in [-0.3, -0.25) is 14.9 Å². The summed E-state index contributed by atoms with van der Waals surface area (Å²) in [6.07, 6.45) is 0. The number of carbonyl (C=O) groups excluding carboxylic acids is 1. The molecule has 2 aromatic carbocycles. The van der Waals surface area contributed by atoms with Crippen LogP contribution in [0.5, 0.6) is 5.75 Å². The third-order valence-electron chi connectivity index (χ3n) is 3.89. The molecule has 1 N–H and O–H groups in total. The standard InChI is InChI=1S/C18H19ClN2O4/c1-11-4-5-14(8-12(11)2)13(3)20-18(22)10-25-17-7-6-15(21(23)24)9-16(17)19/h4-9,13H,10H2,1-3H3,(H,20,22)/t13-/m1/s1. The van der Waals surface area contributed by atoms with Crippen LogP contribution in [0, 0.1) is 24.0 Å². The molecule has 1 atom stereocenters. The van der Waals surface area contributed by atoms with Gasteiger partial charge in [0.1, 0.15) is 5.75 Å². The molecular formula is C18H19ClN2O4. The van der Waals surface area contributed by atoms with Gasteiger partial charge in [-0.1, -0.05) is 29.8 Å². The van der Waals surface area contributed by atoms with E-state index in [0.717, 1.165) is 11.1 Å². The molecule has 6 nitrogen and oxygen atoms in total. The summed E-state index contributed by atoms with van der Waals surface area (Å²) in [5.41, 5.74) is 3.22. The van der Waals surface area contributed by atoms with Crippen molar-refractivity contribution in [1.82, 2.24) is 5.32 Å². The second-order valence-corrected chi connectivity index (χ2v) is 6.20. The van der Waals surface area contributed by atoms with Gasteiger partial charge in [-0.25, -0.2) is 0 Å². The average molecular weight is 363 g/mol. The molecule has 25 heavy (non-hydrogen) atoms. The van der Waals surface area contributed by atoms with Crippen molar-refractivity contribution in [1.29, 1.82) is 0 Å². The number of nitro benzene ring substituents is 1. The summed E-state index contributed by atoms with van der Waals surface area (Å²) in [6.45, 7) is 5.71. The summed E-state index contributed by atoms with van der Waals surface area (Å²) < 4.78 is 5.35. The zero-order valence-electron chi connectivity index (χ0n) is 14.2. The molecule has 0 aliphatic carbocycles. The number of nitro groups is 1. The van der Waals surface area contributed by atoms with Gasteiger partial charge in [0.25, 0.3) is 11.6 Å². The molecule has 0 saturated heterocycles. The van der Waals surface area contributed by atoms with Gasteiger partial charge in [-0.15, -0.1) is 0 Å². The Bertz CT molecular complexity index is 808. The van der Waals surface area contributed by atoms with Crippen molar-refractivity contribution in [2.24, 2.45) is 0 Å². The number of nitrogens with zero attached hydrogens (tertiary/aromatic N) is 1. The third-order valence-corrected chi connectivity index (χ3v) is 4.19. The zero-order chi connectivity index (χ0) is 18.6. The summed E-state index contributed by atoms with van der Waals surface area (Å²) in [6, 6.07) is 9.70. The molecule has 0 bridgehead atoms. The van der Waals surface area contributed by atoms with Crippen LogP contribution < -0.4 is 10.1 Å². The Balaban J connectivity index is 1.94. The molecule has 2 aromatic rings. The first kappa shape index (κ1) is 18.7. The lowest BCUT2D eigenvalue weighted by Gasteiger charge is -2.16. The minimum atomic E-state index is -0.548. The molecule has 2 rings (SSSR count). The first-order chi connectivity index (χ1) is 11.8. The van der Waals surface area contributed by atoms with Gasteiger partial charge in [-0.05, 0) is 43.5 Å². The Kier molecular flexibility index (Phi) is 5.98. The van der Waals surface area contributed by atoms with Crippen molar-refractivity contribution in [3.8, 4) is 5.75 Å². The SMILES string of the molecule is Cc1ccc([C@@H](C)NC(=O)COc2ccc([N+](=O)[O-])cc2Cl)cc1C. The van der Waals surface area contributed by atoms with E-state index in [1.165, 1.54) is 23.8 Å². The quantitative estimate of drug-likeness (QED) is 0.619. The maximum absolute atomic E-state index is 12.1. The number of ether oxygens (including phenoxy) is 1. The highest BCUT2D eigenvalue weighted by Gasteiger charge is 2.14. The topological polar surface area (TPSA) is 81.5 Å². The summed E-state index contributed by atoms with van der Waals surface area (Å²) in [7, 11) is 0. The summed E-state index contributed by atoms with van der Waals surface area (Å²) in [5.74, 6) is -0.0820. The molecule has 0 unspecified atom stereocenters. The van der Waals surface area contributed by atoms with Crippen molar-refractivity contribution in [3.05, 3.63) is 68.2 Å². The van der Waals surface area contributed by atoms with E-state index in [1.807, 2.05) is 39.0 Å². The molecule has 132 valence electrons. The Morgan fingerprint density at radius 3 is 2.56 bits per heavy atom. The van der Waals surface area contributed by atoms with Crippen LogP contribution in [0.3, 0.4) is 0 Å². The largest absolute Gasteiger partial charge is 0.482 e. The van der Waals surface area contributed by atoms with E-state index < -0.39 is 4.92 Å². The lowest BCUT2D eigenvalue weighted by atomic mass is 10.0. The minimum Gasteiger partial charge on any atom is -0.482 e. The number of hydrogen-bond donors (Lipinski definition) is 1. The Morgan fingerprint density at radius 2 is 1.96 bits per heavy atom. The predicted octanol–water partition coefficient (Wildman–Crippen LogP) is 4.12. The summed E-state index contributed by atoms with van der Waals surface area (Å²) in [4.78, 5) is 22.2. The van der Waals surface area contributed by atoms with Gasteiger partial charge < -0.3 is 10.1 Å². The van der Waals surface area contributed by atoms with Crippen LogP contribution in [0.4, 0.5) is 5.69 Å². The second kappa shape index (κ2) is 7.98. The van der Waals surface area contributed by atoms with Gasteiger partial charge >= 0.3 is 0 Å². The van der Waals surface area contributed by atoms with Gasteiger partial charge in [0.05, 0.1) is 16.0 Å². The Labute approximate surface area is 150 Å². The molecular weight excluding hydrogens is 344 g/mol. The van der Waals surface area contributed by atoms with E-state index in [4.69, 9.17) is 16.3 Å². The zero-order valence-corrected chi connectivity index (χ0v) is 15.0. The van der Waals surface area contributed by atoms with E-state index in [9.17, 15) is 14.9 Å². The Hall–Kier alpha value is -2.60. The van der Waals surface area contributed by atoms with Gasteiger partial charge in [0.15, 0.2) is 6.61 Å². The molecule has 0 aliphatic heterocycles. The lowest BCUT2D eigenvalue weighted by Crippen LogP contribution is -2.31. The van der Waals surface area contributed by atoms with Crippen LogP contribution in [0.2, 0.25) is 5.02 Å². The van der Waals surface area contributed by atoms with E-state index in [-0.39, 0.29) is 35.0 Å². The number of rotatable bonds is 6. The number of aryl methyl sites for hydroxylation is 2. The molecule has 0 aromatic heterocycles. The molecule has 1 amide bonds. The lowest BCUT2D eigenvalue weighted by molar-refractivity contribution is -0.384. The maximum atomic E-state index is 12.1. The fraction of sp³-hybridized carbons (Fsp3) is 0.278. The van der Waals surface area contributed by atoms with E-state index >= 15 is 0 Å². The van der Waals surface area contributed by atoms with E-state index in [0.29, 0.717) is 0 Å². The van der Waals surface area contributed by atoms with E-state index in [2.05, 4.69) is 5.32 Å². The van der Waals surface area contributed by atoms with Gasteiger partial charge in [0.2, 0.25) is 0 Å². The summed E-state index contributed by atoms with van der Waals surface area (Å²) >= 11 is 5.93. The van der Waals surface area contributed by atoms with Crippen LogP contribution >= 0.6 is 11.6 Å². The minimum absolute atomic E-state index is 0.0872. The number of halogens is 1. The Morgan fingerprint density at radius 1 is 1.24 bits per heavy atom. The van der Waals surface area contributed by atoms with Crippen LogP contribution in [-0.4, -0.2) is 17.4 Å². The van der Waals surface area contributed by atoms with Crippen LogP contribution in [0.25, 0.3) is 0 Å². The van der Waals surface area contributed by atoms with Crippen LogP contribution in [0.15, 0.2) is 36.4 Å². The number of non-ortho nitro benzene ring substituents is 1. The average Bonchev–Trinajstić information content (AvgIpc) is 2.55. The molecule has 0 radical (unpaired) electrons. The first-order valence-electron chi connectivity index (χ1n) is 7.71. The van der Waals surface area contributed by atoms with E-state index in [1.54, 1.807) is 0 Å². The highest BCUT2D eigenvalue weighted by atomic mass is 35.5. The third kappa shape index (κ3) is 4.93. The molecule has 0 fully saturated rings. The van der Waals surface area contributed by atoms with Gasteiger partial charge in [0, 0.05) is 12.1 Å². The highest BCUT2D eigenvalue weighted by Crippen LogP contribution is 2.28.